The summed E-state index contributed by atoms with van der Waals surface area (Å²) in [5.41, 5.74) is 16.1. The van der Waals surface area contributed by atoms with Gasteiger partial charge >= 0.3 is 0 Å². The van der Waals surface area contributed by atoms with Crippen LogP contribution in [0.5, 0.6) is 0 Å². The fourth-order valence-corrected chi connectivity index (χ4v) is 8.51. The van der Waals surface area contributed by atoms with Crippen molar-refractivity contribution in [1.82, 2.24) is 0 Å². The van der Waals surface area contributed by atoms with Crippen LogP contribution in [0.25, 0.3) is 88.0 Å². The SMILES string of the molecule is c1ccc(-c2ccc(N(c3ccc(-c4cccc5ccccc45)cc3)c3ccc4cc5c(cc4c3)-c3cc4ccc(-c6ccccc6)cc4cc3-5)cc2)cc1. The summed E-state index contributed by atoms with van der Waals surface area (Å²) in [4.78, 5) is 2.38. The van der Waals surface area contributed by atoms with Gasteiger partial charge in [-0.2, -0.15) is 0 Å². The van der Waals surface area contributed by atoms with Crippen LogP contribution < -0.4 is 4.90 Å². The van der Waals surface area contributed by atoms with Gasteiger partial charge in [0, 0.05) is 17.1 Å². The predicted molar refractivity (Wildman–Crippen MR) is 234 cm³/mol. The molecule has 0 radical (unpaired) electrons. The summed E-state index contributed by atoms with van der Waals surface area (Å²) in [5, 5.41) is 7.56. The van der Waals surface area contributed by atoms with Gasteiger partial charge in [-0.25, -0.2) is 0 Å². The van der Waals surface area contributed by atoms with Crippen LogP contribution in [0, 0.1) is 0 Å². The van der Waals surface area contributed by atoms with E-state index >= 15 is 0 Å². The molecule has 1 aliphatic rings. The third kappa shape index (κ3) is 5.40. The van der Waals surface area contributed by atoms with Crippen LogP contribution in [0.2, 0.25) is 0 Å². The Bertz CT molecular complexity index is 3050. The van der Waals surface area contributed by atoms with Crippen LogP contribution in [0.3, 0.4) is 0 Å². The van der Waals surface area contributed by atoms with Crippen LogP contribution in [-0.2, 0) is 0 Å². The number of hydrogen-bond acceptors (Lipinski definition) is 1. The number of hydrogen-bond donors (Lipinski definition) is 0. The highest BCUT2D eigenvalue weighted by molar-refractivity contribution is 6.12. The van der Waals surface area contributed by atoms with Gasteiger partial charge in [0.2, 0.25) is 0 Å². The van der Waals surface area contributed by atoms with Gasteiger partial charge in [0.15, 0.2) is 0 Å². The van der Waals surface area contributed by atoms with Crippen LogP contribution in [-0.4, -0.2) is 0 Å². The molecule has 1 aliphatic carbocycles. The number of anilines is 3. The van der Waals surface area contributed by atoms with E-state index in [0.29, 0.717) is 0 Å². The molecule has 1 heteroatoms. The molecule has 10 aromatic rings. The van der Waals surface area contributed by atoms with E-state index in [4.69, 9.17) is 0 Å². The van der Waals surface area contributed by atoms with E-state index in [1.165, 1.54) is 88.0 Å². The van der Waals surface area contributed by atoms with E-state index in [1.54, 1.807) is 0 Å². The van der Waals surface area contributed by atoms with Crippen molar-refractivity contribution in [1.29, 1.82) is 0 Å². The molecule has 0 spiro atoms. The zero-order chi connectivity index (χ0) is 36.3. The standard InChI is InChI=1S/C54H35N/c1-3-10-36(11-4-1)38-20-25-46(26-21-38)55(47-27-22-40(23-28-47)50-17-9-15-39-14-7-8-16-49(39)50)48-29-24-43-33-52-53-34-44-30-41(37-12-5-2-6-13-37)18-19-42(44)32-51(53)54(52)35-45(43)31-48/h1-35H. The molecule has 0 fully saturated rings. The molecule has 0 N–H and O–H groups in total. The summed E-state index contributed by atoms with van der Waals surface area (Å²) in [5.74, 6) is 0. The average molecular weight is 698 g/mol. The molecule has 0 amide bonds. The maximum absolute atomic E-state index is 2.39. The molecular formula is C54H35N. The molecule has 10 aromatic carbocycles. The number of benzene rings is 10. The lowest BCUT2D eigenvalue weighted by molar-refractivity contribution is 1.29. The number of nitrogens with zero attached hydrogens (tertiary/aromatic N) is 1. The monoisotopic (exact) mass is 697 g/mol. The lowest BCUT2D eigenvalue weighted by Gasteiger charge is -2.28. The minimum absolute atomic E-state index is 1.12. The van der Waals surface area contributed by atoms with Crippen molar-refractivity contribution in [3.8, 4) is 55.6 Å². The van der Waals surface area contributed by atoms with Crippen LogP contribution in [0.4, 0.5) is 17.1 Å². The van der Waals surface area contributed by atoms with Gasteiger partial charge in [-0.1, -0.05) is 146 Å². The second-order valence-corrected chi connectivity index (χ2v) is 14.6. The van der Waals surface area contributed by atoms with Crippen molar-refractivity contribution in [2.75, 3.05) is 4.90 Å². The second-order valence-electron chi connectivity index (χ2n) is 14.6. The van der Waals surface area contributed by atoms with Gasteiger partial charge < -0.3 is 4.90 Å². The van der Waals surface area contributed by atoms with Gasteiger partial charge in [-0.15, -0.1) is 0 Å². The minimum Gasteiger partial charge on any atom is -0.310 e. The normalized spacial score (nSPS) is 11.6. The van der Waals surface area contributed by atoms with Gasteiger partial charge in [0.1, 0.15) is 0 Å². The van der Waals surface area contributed by atoms with Gasteiger partial charge in [0.05, 0.1) is 0 Å². The molecule has 0 heterocycles. The van der Waals surface area contributed by atoms with Crippen LogP contribution >= 0.6 is 0 Å². The van der Waals surface area contributed by atoms with Crippen LogP contribution in [0.1, 0.15) is 0 Å². The van der Waals surface area contributed by atoms with E-state index < -0.39 is 0 Å². The maximum Gasteiger partial charge on any atom is 0.0468 e. The predicted octanol–water partition coefficient (Wildman–Crippen LogP) is 15.3. The third-order valence-electron chi connectivity index (χ3n) is 11.3. The topological polar surface area (TPSA) is 3.24 Å². The van der Waals surface area contributed by atoms with Crippen molar-refractivity contribution in [3.05, 3.63) is 212 Å². The number of rotatable bonds is 6. The molecule has 0 saturated carbocycles. The highest BCUT2D eigenvalue weighted by atomic mass is 15.1. The summed E-state index contributed by atoms with van der Waals surface area (Å²) >= 11 is 0. The molecule has 1 nitrogen and oxygen atoms in total. The average Bonchev–Trinajstić information content (AvgIpc) is 3.26. The Hall–Kier alpha value is -7.22. The van der Waals surface area contributed by atoms with Crippen molar-refractivity contribution in [2.24, 2.45) is 0 Å². The van der Waals surface area contributed by atoms with Crippen molar-refractivity contribution in [3.63, 3.8) is 0 Å². The Morgan fingerprint density at radius 3 is 1.33 bits per heavy atom. The van der Waals surface area contributed by atoms with Crippen molar-refractivity contribution >= 4 is 49.4 Å². The van der Waals surface area contributed by atoms with Crippen molar-refractivity contribution < 1.29 is 0 Å². The first-order valence-electron chi connectivity index (χ1n) is 19.0. The zero-order valence-electron chi connectivity index (χ0n) is 30.2. The molecule has 11 rings (SSSR count). The summed E-state index contributed by atoms with van der Waals surface area (Å²) in [6.45, 7) is 0. The quantitative estimate of drug-likeness (QED) is 0.167. The van der Waals surface area contributed by atoms with Gasteiger partial charge in [0.25, 0.3) is 0 Å². The molecule has 55 heavy (non-hydrogen) atoms. The fourth-order valence-electron chi connectivity index (χ4n) is 8.51. The van der Waals surface area contributed by atoms with Gasteiger partial charge in [-0.05, 0) is 155 Å². The lowest BCUT2D eigenvalue weighted by Crippen LogP contribution is -2.10. The molecule has 0 bridgehead atoms. The Morgan fingerprint density at radius 1 is 0.218 bits per heavy atom. The van der Waals surface area contributed by atoms with E-state index in [-0.39, 0.29) is 0 Å². The molecule has 256 valence electrons. The third-order valence-corrected chi connectivity index (χ3v) is 11.3. The molecular weight excluding hydrogens is 663 g/mol. The Kier molecular flexibility index (Phi) is 7.25. The molecule has 0 aromatic heterocycles. The summed E-state index contributed by atoms with van der Waals surface area (Å²) in [6, 6.07) is 77.7. The van der Waals surface area contributed by atoms with Crippen LogP contribution in [0.15, 0.2) is 212 Å². The molecule has 0 unspecified atom stereocenters. The van der Waals surface area contributed by atoms with E-state index in [1.807, 2.05) is 0 Å². The Labute approximate surface area is 321 Å². The largest absolute Gasteiger partial charge is 0.310 e. The zero-order valence-corrected chi connectivity index (χ0v) is 30.2. The van der Waals surface area contributed by atoms with E-state index in [0.717, 1.165) is 17.1 Å². The summed E-state index contributed by atoms with van der Waals surface area (Å²) < 4.78 is 0. The van der Waals surface area contributed by atoms with Crippen molar-refractivity contribution in [2.45, 2.75) is 0 Å². The molecule has 0 saturated heterocycles. The minimum atomic E-state index is 1.12. The summed E-state index contributed by atoms with van der Waals surface area (Å²) in [6.07, 6.45) is 0. The van der Waals surface area contributed by atoms with Gasteiger partial charge in [-0.3, -0.25) is 0 Å². The second kappa shape index (κ2) is 12.7. The maximum atomic E-state index is 2.39. The highest BCUT2D eigenvalue weighted by Crippen LogP contribution is 2.51. The first-order valence-corrected chi connectivity index (χ1v) is 19.0. The van der Waals surface area contributed by atoms with E-state index in [9.17, 15) is 0 Å². The molecule has 0 atom stereocenters. The van der Waals surface area contributed by atoms with E-state index in [2.05, 4.69) is 217 Å². The Morgan fingerprint density at radius 2 is 0.673 bits per heavy atom. The summed E-state index contributed by atoms with van der Waals surface area (Å²) in [7, 11) is 0. The Balaban J connectivity index is 0.988. The first kappa shape index (κ1) is 31.3. The first-order chi connectivity index (χ1) is 27.2. The lowest BCUT2D eigenvalue weighted by atomic mass is 9.77. The fraction of sp³-hybridized carbons (Fsp3) is 0. The molecule has 0 aliphatic heterocycles. The highest BCUT2D eigenvalue weighted by Gasteiger charge is 2.24. The smallest absolute Gasteiger partial charge is 0.0468 e. The number of fused-ring (bicyclic) bond motifs is 7.